The minimum Gasteiger partial charge on any atom is -0.399 e. The van der Waals surface area contributed by atoms with Gasteiger partial charge in [-0.05, 0) is 42.9 Å². The van der Waals surface area contributed by atoms with E-state index >= 15 is 0 Å². The summed E-state index contributed by atoms with van der Waals surface area (Å²) in [5.41, 5.74) is 7.56. The van der Waals surface area contributed by atoms with Crippen molar-refractivity contribution in [2.45, 2.75) is 38.5 Å². The van der Waals surface area contributed by atoms with Gasteiger partial charge in [0.2, 0.25) is 5.91 Å². The predicted octanol–water partition coefficient (Wildman–Crippen LogP) is 2.51. The lowest BCUT2D eigenvalue weighted by molar-refractivity contribution is -0.121. The second-order valence-electron chi connectivity index (χ2n) is 5.20. The Hall–Kier alpha value is -1.51. The third kappa shape index (κ3) is 4.06. The van der Waals surface area contributed by atoms with Gasteiger partial charge in [-0.3, -0.25) is 4.79 Å². The van der Waals surface area contributed by atoms with Crippen molar-refractivity contribution in [2.75, 3.05) is 12.3 Å². The van der Waals surface area contributed by atoms with E-state index in [9.17, 15) is 4.79 Å². The van der Waals surface area contributed by atoms with E-state index < -0.39 is 0 Å². The van der Waals surface area contributed by atoms with Crippen molar-refractivity contribution in [3.8, 4) is 0 Å². The maximum absolute atomic E-state index is 11.7. The first-order chi connectivity index (χ1) is 8.74. The molecule has 3 nitrogen and oxygen atoms in total. The first kappa shape index (κ1) is 12.9. The molecule has 1 amide bonds. The average molecular weight is 246 g/mol. The van der Waals surface area contributed by atoms with Gasteiger partial charge in [-0.25, -0.2) is 0 Å². The standard InChI is InChI=1S/C15H22N2O/c16-14-8-5-12(6-9-14)7-10-15(18)17-11-13-3-1-2-4-13/h5-6,8-9,13H,1-4,7,10-11,16H2,(H,17,18). The molecule has 0 aromatic heterocycles. The van der Waals surface area contributed by atoms with Gasteiger partial charge in [-0.15, -0.1) is 0 Å². The van der Waals surface area contributed by atoms with E-state index in [1.54, 1.807) is 0 Å². The molecule has 18 heavy (non-hydrogen) atoms. The third-order valence-corrected chi connectivity index (χ3v) is 3.68. The minimum absolute atomic E-state index is 0.165. The van der Waals surface area contributed by atoms with Gasteiger partial charge >= 0.3 is 0 Å². The van der Waals surface area contributed by atoms with Crippen LogP contribution in [0.15, 0.2) is 24.3 Å². The summed E-state index contributed by atoms with van der Waals surface area (Å²) in [7, 11) is 0. The molecular formula is C15H22N2O. The van der Waals surface area contributed by atoms with E-state index in [2.05, 4.69) is 5.32 Å². The van der Waals surface area contributed by atoms with E-state index in [1.165, 1.54) is 31.2 Å². The number of hydrogen-bond donors (Lipinski definition) is 2. The summed E-state index contributed by atoms with van der Waals surface area (Å²) in [6.45, 7) is 0.862. The number of rotatable bonds is 5. The fourth-order valence-electron chi connectivity index (χ4n) is 2.50. The van der Waals surface area contributed by atoms with Crippen molar-refractivity contribution in [3.05, 3.63) is 29.8 Å². The smallest absolute Gasteiger partial charge is 0.220 e. The molecule has 0 saturated heterocycles. The Morgan fingerprint density at radius 2 is 1.89 bits per heavy atom. The van der Waals surface area contributed by atoms with E-state index in [-0.39, 0.29) is 5.91 Å². The molecule has 1 saturated carbocycles. The SMILES string of the molecule is Nc1ccc(CCC(=O)NCC2CCCC2)cc1. The summed E-state index contributed by atoms with van der Waals surface area (Å²) >= 11 is 0. The van der Waals surface area contributed by atoms with E-state index in [0.717, 1.165) is 18.7 Å². The van der Waals surface area contributed by atoms with Crippen LogP contribution in [-0.4, -0.2) is 12.5 Å². The zero-order valence-electron chi connectivity index (χ0n) is 10.8. The second-order valence-corrected chi connectivity index (χ2v) is 5.20. The molecule has 0 aliphatic heterocycles. The highest BCUT2D eigenvalue weighted by molar-refractivity contribution is 5.76. The summed E-state index contributed by atoms with van der Waals surface area (Å²) < 4.78 is 0. The maximum atomic E-state index is 11.7. The first-order valence-corrected chi connectivity index (χ1v) is 6.85. The van der Waals surface area contributed by atoms with Crippen LogP contribution in [0.1, 0.15) is 37.7 Å². The second kappa shape index (κ2) is 6.43. The lowest BCUT2D eigenvalue weighted by Gasteiger charge is -2.10. The molecule has 2 rings (SSSR count). The Balaban J connectivity index is 1.66. The number of aryl methyl sites for hydroxylation is 1. The van der Waals surface area contributed by atoms with Gasteiger partial charge in [0, 0.05) is 18.7 Å². The number of hydrogen-bond acceptors (Lipinski definition) is 2. The zero-order valence-corrected chi connectivity index (χ0v) is 10.8. The summed E-state index contributed by atoms with van der Waals surface area (Å²) in [6.07, 6.45) is 6.56. The van der Waals surface area contributed by atoms with Gasteiger partial charge in [0.05, 0.1) is 0 Å². The van der Waals surface area contributed by atoms with Crippen molar-refractivity contribution in [3.63, 3.8) is 0 Å². The molecule has 1 aliphatic rings. The molecule has 98 valence electrons. The lowest BCUT2D eigenvalue weighted by atomic mass is 10.1. The molecule has 0 unspecified atom stereocenters. The van der Waals surface area contributed by atoms with Crippen molar-refractivity contribution < 1.29 is 4.79 Å². The normalized spacial score (nSPS) is 15.8. The first-order valence-electron chi connectivity index (χ1n) is 6.85. The summed E-state index contributed by atoms with van der Waals surface area (Å²) in [5, 5.41) is 3.04. The monoisotopic (exact) mass is 246 g/mol. The summed E-state index contributed by atoms with van der Waals surface area (Å²) in [4.78, 5) is 11.7. The fraction of sp³-hybridized carbons (Fsp3) is 0.533. The Morgan fingerprint density at radius 1 is 1.22 bits per heavy atom. The van der Waals surface area contributed by atoms with Crippen LogP contribution in [0.25, 0.3) is 0 Å². The Bertz CT molecular complexity index is 380. The van der Waals surface area contributed by atoms with Crippen molar-refractivity contribution in [1.82, 2.24) is 5.32 Å². The number of nitrogen functional groups attached to an aromatic ring is 1. The largest absolute Gasteiger partial charge is 0.399 e. The molecule has 0 atom stereocenters. The van der Waals surface area contributed by atoms with Crippen LogP contribution in [-0.2, 0) is 11.2 Å². The minimum atomic E-state index is 0.165. The third-order valence-electron chi connectivity index (χ3n) is 3.68. The molecule has 3 N–H and O–H groups in total. The molecule has 1 aliphatic carbocycles. The Morgan fingerprint density at radius 3 is 2.56 bits per heavy atom. The number of nitrogens with one attached hydrogen (secondary N) is 1. The molecule has 1 aromatic rings. The van der Waals surface area contributed by atoms with Crippen molar-refractivity contribution in [1.29, 1.82) is 0 Å². The van der Waals surface area contributed by atoms with Gasteiger partial charge in [-0.2, -0.15) is 0 Å². The number of carbonyl (C=O) groups excluding carboxylic acids is 1. The van der Waals surface area contributed by atoms with E-state index in [1.807, 2.05) is 24.3 Å². The molecular weight excluding hydrogens is 224 g/mol. The molecule has 0 spiro atoms. The van der Waals surface area contributed by atoms with Gasteiger partial charge in [0.25, 0.3) is 0 Å². The van der Waals surface area contributed by atoms with Crippen LogP contribution in [0, 0.1) is 5.92 Å². The van der Waals surface area contributed by atoms with Gasteiger partial charge in [0.15, 0.2) is 0 Å². The number of nitrogens with two attached hydrogens (primary N) is 1. The molecule has 0 bridgehead atoms. The van der Waals surface area contributed by atoms with E-state index in [4.69, 9.17) is 5.73 Å². The van der Waals surface area contributed by atoms with Crippen molar-refractivity contribution in [2.24, 2.45) is 5.92 Å². The van der Waals surface area contributed by atoms with Crippen LogP contribution in [0.3, 0.4) is 0 Å². The van der Waals surface area contributed by atoms with Gasteiger partial charge < -0.3 is 11.1 Å². The molecule has 1 aromatic carbocycles. The fourth-order valence-corrected chi connectivity index (χ4v) is 2.50. The molecule has 1 fully saturated rings. The lowest BCUT2D eigenvalue weighted by Crippen LogP contribution is -2.28. The molecule has 0 heterocycles. The topological polar surface area (TPSA) is 55.1 Å². The number of amides is 1. The maximum Gasteiger partial charge on any atom is 0.220 e. The van der Waals surface area contributed by atoms with E-state index in [0.29, 0.717) is 12.3 Å². The summed E-state index contributed by atoms with van der Waals surface area (Å²) in [6, 6.07) is 7.73. The van der Waals surface area contributed by atoms with Gasteiger partial charge in [-0.1, -0.05) is 25.0 Å². The highest BCUT2D eigenvalue weighted by Crippen LogP contribution is 2.23. The number of anilines is 1. The highest BCUT2D eigenvalue weighted by Gasteiger charge is 2.15. The van der Waals surface area contributed by atoms with Crippen LogP contribution >= 0.6 is 0 Å². The average Bonchev–Trinajstić information content (AvgIpc) is 2.89. The molecule has 0 radical (unpaired) electrons. The number of benzene rings is 1. The van der Waals surface area contributed by atoms with Crippen LogP contribution < -0.4 is 11.1 Å². The zero-order chi connectivity index (χ0) is 12.8. The van der Waals surface area contributed by atoms with Crippen LogP contribution in [0.2, 0.25) is 0 Å². The summed E-state index contributed by atoms with van der Waals surface area (Å²) in [5.74, 6) is 0.879. The van der Waals surface area contributed by atoms with Gasteiger partial charge in [0.1, 0.15) is 0 Å². The van der Waals surface area contributed by atoms with Crippen molar-refractivity contribution >= 4 is 11.6 Å². The van der Waals surface area contributed by atoms with Crippen LogP contribution in [0.5, 0.6) is 0 Å². The van der Waals surface area contributed by atoms with Crippen LogP contribution in [0.4, 0.5) is 5.69 Å². The Kier molecular flexibility index (Phi) is 4.62. The quantitative estimate of drug-likeness (QED) is 0.784. The predicted molar refractivity (Wildman–Crippen MR) is 74.1 cm³/mol. The Labute approximate surface area is 109 Å². The highest BCUT2D eigenvalue weighted by atomic mass is 16.1. The number of carbonyl (C=O) groups is 1. The molecule has 3 heteroatoms.